The maximum absolute atomic E-state index is 5.44. The van der Waals surface area contributed by atoms with Gasteiger partial charge in [0, 0.05) is 26.2 Å². The third kappa shape index (κ3) is 1.35. The van der Waals surface area contributed by atoms with Crippen molar-refractivity contribution in [2.45, 2.75) is 0 Å². The van der Waals surface area contributed by atoms with Crippen LogP contribution in [0, 0.1) is 0 Å². The largest absolute Gasteiger partial charge is 0.430 e. The van der Waals surface area contributed by atoms with E-state index < -0.39 is 0 Å². The normalized spacial score (nSPS) is 18.2. The van der Waals surface area contributed by atoms with Crippen LogP contribution < -0.4 is 16.0 Å². The lowest BCUT2D eigenvalue weighted by Crippen LogP contribution is -2.43. The molecule has 1 aromatic heterocycles. The Morgan fingerprint density at radius 1 is 1.50 bits per heavy atom. The second-order valence-electron chi connectivity index (χ2n) is 2.79. The van der Waals surface area contributed by atoms with Gasteiger partial charge in [-0.2, -0.15) is 4.98 Å². The molecule has 2 heterocycles. The van der Waals surface area contributed by atoms with Crippen LogP contribution in [-0.2, 0) is 0 Å². The molecule has 0 aromatic carbocycles. The highest BCUT2D eigenvalue weighted by atomic mass is 16.4. The molecule has 1 aromatic rings. The fourth-order valence-corrected chi connectivity index (χ4v) is 1.28. The molecular formula is C7H12N4O. The average Bonchev–Trinajstić information content (AvgIpc) is 2.54. The summed E-state index contributed by atoms with van der Waals surface area (Å²) in [6, 6.07) is 0.633. The molecule has 3 N–H and O–H groups in total. The molecule has 5 nitrogen and oxygen atoms in total. The van der Waals surface area contributed by atoms with Gasteiger partial charge in [0.25, 0.3) is 6.01 Å². The Morgan fingerprint density at radius 2 is 2.25 bits per heavy atom. The van der Waals surface area contributed by atoms with Crippen molar-refractivity contribution < 1.29 is 4.42 Å². The van der Waals surface area contributed by atoms with Gasteiger partial charge in [0.2, 0.25) is 0 Å². The fourth-order valence-electron chi connectivity index (χ4n) is 1.28. The first-order valence-electron chi connectivity index (χ1n) is 4.03. The first-order chi connectivity index (χ1) is 5.86. The van der Waals surface area contributed by atoms with Crippen LogP contribution in [0.25, 0.3) is 0 Å². The number of nitrogens with zero attached hydrogens (tertiary/aromatic N) is 2. The number of hydrogen-bond donors (Lipinski definition) is 2. The lowest BCUT2D eigenvalue weighted by atomic mass is 10.4. The molecule has 5 heteroatoms. The van der Waals surface area contributed by atoms with Crippen molar-refractivity contribution in [3.63, 3.8) is 0 Å². The number of nitrogens with two attached hydrogens (primary N) is 1. The summed E-state index contributed by atoms with van der Waals surface area (Å²) in [7, 11) is 0. The van der Waals surface area contributed by atoms with Crippen LogP contribution in [0.5, 0.6) is 0 Å². The fraction of sp³-hybridized carbons (Fsp3) is 0.571. The monoisotopic (exact) mass is 168 g/mol. The zero-order valence-electron chi connectivity index (χ0n) is 6.79. The molecule has 0 radical (unpaired) electrons. The van der Waals surface area contributed by atoms with Crippen molar-refractivity contribution in [3.05, 3.63) is 6.26 Å². The van der Waals surface area contributed by atoms with Gasteiger partial charge >= 0.3 is 0 Å². The number of piperazine rings is 1. The van der Waals surface area contributed by atoms with E-state index in [4.69, 9.17) is 10.2 Å². The molecule has 1 aliphatic rings. The molecule has 1 saturated heterocycles. The lowest BCUT2D eigenvalue weighted by Gasteiger charge is -2.25. The highest BCUT2D eigenvalue weighted by Crippen LogP contribution is 2.14. The number of nitrogens with one attached hydrogen (secondary N) is 1. The van der Waals surface area contributed by atoms with Gasteiger partial charge in [-0.15, -0.1) is 0 Å². The maximum atomic E-state index is 5.44. The summed E-state index contributed by atoms with van der Waals surface area (Å²) >= 11 is 0. The highest BCUT2D eigenvalue weighted by Gasteiger charge is 2.14. The number of anilines is 2. The standard InChI is InChI=1S/C7H12N4O/c8-6-5-12-7(10-6)11-3-1-9-2-4-11/h5,9H,1-4,8H2. The van der Waals surface area contributed by atoms with Crippen molar-refractivity contribution in [1.29, 1.82) is 0 Å². The van der Waals surface area contributed by atoms with E-state index in [-0.39, 0.29) is 0 Å². The SMILES string of the molecule is Nc1coc(N2CCNCC2)n1. The zero-order valence-corrected chi connectivity index (χ0v) is 6.79. The number of rotatable bonds is 1. The van der Waals surface area contributed by atoms with Crippen LogP contribution in [0.15, 0.2) is 10.7 Å². The number of nitrogen functional groups attached to an aromatic ring is 1. The van der Waals surface area contributed by atoms with Crippen LogP contribution in [0.4, 0.5) is 11.8 Å². The molecular weight excluding hydrogens is 156 g/mol. The molecule has 0 saturated carbocycles. The van der Waals surface area contributed by atoms with Gasteiger partial charge < -0.3 is 20.4 Å². The molecule has 66 valence electrons. The molecule has 1 aliphatic heterocycles. The molecule has 0 unspecified atom stereocenters. The van der Waals surface area contributed by atoms with Crippen molar-refractivity contribution in [2.75, 3.05) is 36.8 Å². The van der Waals surface area contributed by atoms with E-state index in [0.29, 0.717) is 11.8 Å². The minimum atomic E-state index is 0.448. The van der Waals surface area contributed by atoms with Crippen LogP contribution in [0.3, 0.4) is 0 Å². The van der Waals surface area contributed by atoms with Crippen molar-refractivity contribution in [2.24, 2.45) is 0 Å². The van der Waals surface area contributed by atoms with E-state index in [1.807, 2.05) is 0 Å². The second-order valence-corrected chi connectivity index (χ2v) is 2.79. The van der Waals surface area contributed by atoms with Crippen LogP contribution >= 0.6 is 0 Å². The Balaban J connectivity index is 2.08. The van der Waals surface area contributed by atoms with Crippen molar-refractivity contribution in [3.8, 4) is 0 Å². The Labute approximate surface area is 70.5 Å². The third-order valence-electron chi connectivity index (χ3n) is 1.90. The van der Waals surface area contributed by atoms with E-state index in [0.717, 1.165) is 26.2 Å². The number of aromatic nitrogens is 1. The highest BCUT2D eigenvalue weighted by molar-refractivity contribution is 5.35. The number of hydrogen-bond acceptors (Lipinski definition) is 5. The molecule has 2 rings (SSSR count). The Morgan fingerprint density at radius 3 is 2.83 bits per heavy atom. The third-order valence-corrected chi connectivity index (χ3v) is 1.90. The Hall–Kier alpha value is -1.23. The molecule has 0 amide bonds. The Kier molecular flexibility index (Phi) is 1.87. The van der Waals surface area contributed by atoms with E-state index >= 15 is 0 Å². The van der Waals surface area contributed by atoms with Gasteiger partial charge in [-0.05, 0) is 0 Å². The predicted octanol–water partition coefficient (Wildman–Crippen LogP) is -0.334. The summed E-state index contributed by atoms with van der Waals surface area (Å²) in [6.45, 7) is 3.81. The summed E-state index contributed by atoms with van der Waals surface area (Å²) in [6.07, 6.45) is 1.47. The van der Waals surface area contributed by atoms with Gasteiger partial charge in [0.1, 0.15) is 6.26 Å². The quantitative estimate of drug-likeness (QED) is 0.601. The second kappa shape index (κ2) is 3.02. The van der Waals surface area contributed by atoms with E-state index in [2.05, 4.69) is 15.2 Å². The van der Waals surface area contributed by atoms with Crippen LogP contribution in [0.1, 0.15) is 0 Å². The van der Waals surface area contributed by atoms with Crippen LogP contribution in [-0.4, -0.2) is 31.2 Å². The zero-order chi connectivity index (χ0) is 8.39. The molecule has 0 aliphatic carbocycles. The average molecular weight is 168 g/mol. The van der Waals surface area contributed by atoms with Gasteiger partial charge in [-0.1, -0.05) is 0 Å². The summed E-state index contributed by atoms with van der Waals surface area (Å²) in [5.74, 6) is 0.448. The minimum absolute atomic E-state index is 0.448. The van der Waals surface area contributed by atoms with Gasteiger partial charge in [0.05, 0.1) is 0 Å². The molecule has 0 spiro atoms. The van der Waals surface area contributed by atoms with Gasteiger partial charge in [0.15, 0.2) is 5.82 Å². The molecule has 0 bridgehead atoms. The minimum Gasteiger partial charge on any atom is -0.430 e. The number of oxazole rings is 1. The Bertz CT molecular complexity index is 254. The topological polar surface area (TPSA) is 67.3 Å². The molecule has 0 atom stereocenters. The summed E-state index contributed by atoms with van der Waals surface area (Å²) < 4.78 is 5.17. The maximum Gasteiger partial charge on any atom is 0.299 e. The predicted molar refractivity (Wildman–Crippen MR) is 46.0 cm³/mol. The summed E-state index contributed by atoms with van der Waals surface area (Å²) in [4.78, 5) is 6.12. The van der Waals surface area contributed by atoms with Crippen LogP contribution in [0.2, 0.25) is 0 Å². The first-order valence-corrected chi connectivity index (χ1v) is 4.03. The summed E-state index contributed by atoms with van der Waals surface area (Å²) in [5, 5.41) is 3.25. The smallest absolute Gasteiger partial charge is 0.299 e. The van der Waals surface area contributed by atoms with Crippen molar-refractivity contribution >= 4 is 11.8 Å². The van der Waals surface area contributed by atoms with E-state index in [1.54, 1.807) is 0 Å². The molecule has 1 fully saturated rings. The summed E-state index contributed by atoms with van der Waals surface area (Å²) in [5.41, 5.74) is 5.44. The first kappa shape index (κ1) is 7.42. The van der Waals surface area contributed by atoms with Gasteiger partial charge in [-0.3, -0.25) is 0 Å². The van der Waals surface area contributed by atoms with E-state index in [1.165, 1.54) is 6.26 Å². The molecule has 12 heavy (non-hydrogen) atoms. The van der Waals surface area contributed by atoms with E-state index in [9.17, 15) is 0 Å². The van der Waals surface area contributed by atoms with Gasteiger partial charge in [-0.25, -0.2) is 0 Å². The van der Waals surface area contributed by atoms with Crippen molar-refractivity contribution in [1.82, 2.24) is 10.3 Å². The lowest BCUT2D eigenvalue weighted by molar-refractivity contribution is 0.499.